The number of carboxylic acid groups (broad SMARTS) is 1. The fraction of sp³-hybridized carbons (Fsp3) is 0.882. The first-order chi connectivity index (χ1) is 10.3. The molecule has 2 unspecified atom stereocenters. The van der Waals surface area contributed by atoms with Crippen molar-refractivity contribution >= 4 is 11.9 Å². The average Bonchev–Trinajstić information content (AvgIpc) is 3.02. The Morgan fingerprint density at radius 2 is 1.82 bits per heavy atom. The molecule has 1 saturated carbocycles. The number of primary amides is 1. The first-order valence-electron chi connectivity index (χ1n) is 8.57. The van der Waals surface area contributed by atoms with Gasteiger partial charge >= 0.3 is 5.97 Å². The van der Waals surface area contributed by atoms with Gasteiger partial charge in [0.15, 0.2) is 0 Å². The lowest BCUT2D eigenvalue weighted by molar-refractivity contribution is -0.139. The topological polar surface area (TPSA) is 92.4 Å². The summed E-state index contributed by atoms with van der Waals surface area (Å²) in [5, 5.41) is 11.2. The van der Waals surface area contributed by atoms with Crippen molar-refractivity contribution in [1.29, 1.82) is 0 Å². The van der Waals surface area contributed by atoms with Gasteiger partial charge in [0, 0.05) is 5.41 Å². The molecule has 4 N–H and O–H groups in total. The van der Waals surface area contributed by atoms with Crippen LogP contribution in [0.1, 0.15) is 65.7 Å². The van der Waals surface area contributed by atoms with E-state index in [0.717, 1.165) is 31.7 Å². The van der Waals surface area contributed by atoms with E-state index in [2.05, 4.69) is 19.2 Å². The minimum atomic E-state index is -0.720. The van der Waals surface area contributed by atoms with Gasteiger partial charge in [-0.2, -0.15) is 0 Å². The molecule has 0 bridgehead atoms. The summed E-state index contributed by atoms with van der Waals surface area (Å²) in [6.07, 6.45) is 7.53. The van der Waals surface area contributed by atoms with Crippen molar-refractivity contribution in [3.63, 3.8) is 0 Å². The van der Waals surface area contributed by atoms with Crippen LogP contribution < -0.4 is 11.1 Å². The summed E-state index contributed by atoms with van der Waals surface area (Å²) in [6.45, 7) is 7.26. The van der Waals surface area contributed by atoms with E-state index in [-0.39, 0.29) is 17.4 Å². The zero-order valence-electron chi connectivity index (χ0n) is 14.2. The number of carboxylic acids is 1. The molecule has 0 aromatic heterocycles. The van der Waals surface area contributed by atoms with E-state index >= 15 is 0 Å². The van der Waals surface area contributed by atoms with Gasteiger partial charge in [-0.3, -0.25) is 9.59 Å². The molecule has 22 heavy (non-hydrogen) atoms. The molecule has 128 valence electrons. The molecule has 0 radical (unpaired) electrons. The van der Waals surface area contributed by atoms with Crippen LogP contribution in [-0.4, -0.2) is 29.6 Å². The van der Waals surface area contributed by atoms with Crippen molar-refractivity contribution in [3.8, 4) is 0 Å². The Bertz CT molecular complexity index is 372. The molecule has 0 spiro atoms. The zero-order valence-corrected chi connectivity index (χ0v) is 14.2. The summed E-state index contributed by atoms with van der Waals surface area (Å²) in [6, 6.07) is -0.269. The Balaban J connectivity index is 0.000000255. The van der Waals surface area contributed by atoms with Crippen molar-refractivity contribution in [1.82, 2.24) is 5.32 Å². The molecule has 0 aromatic carbocycles. The molecule has 2 aliphatic rings. The third-order valence-electron chi connectivity index (χ3n) is 5.57. The summed E-state index contributed by atoms with van der Waals surface area (Å²) in [5.74, 6) is 0.517. The largest absolute Gasteiger partial charge is 0.480 e. The lowest BCUT2D eigenvalue weighted by Crippen LogP contribution is -2.41. The quantitative estimate of drug-likeness (QED) is 0.743. The summed E-state index contributed by atoms with van der Waals surface area (Å²) < 4.78 is 0. The lowest BCUT2D eigenvalue weighted by atomic mass is 9.66. The number of carbonyl (C=O) groups excluding carboxylic acids is 1. The van der Waals surface area contributed by atoms with Crippen LogP contribution in [0.2, 0.25) is 0 Å². The minimum Gasteiger partial charge on any atom is -0.480 e. The van der Waals surface area contributed by atoms with Crippen LogP contribution in [0.3, 0.4) is 0 Å². The molecule has 0 aromatic rings. The van der Waals surface area contributed by atoms with Crippen molar-refractivity contribution < 1.29 is 14.7 Å². The van der Waals surface area contributed by atoms with E-state index in [1.807, 2.05) is 6.92 Å². The fourth-order valence-electron chi connectivity index (χ4n) is 3.46. The molecule has 1 aliphatic carbocycles. The van der Waals surface area contributed by atoms with Gasteiger partial charge in [-0.25, -0.2) is 0 Å². The van der Waals surface area contributed by atoms with Crippen molar-refractivity contribution in [2.75, 3.05) is 6.54 Å². The number of nitrogens with two attached hydrogens (primary N) is 1. The second-order valence-corrected chi connectivity index (χ2v) is 7.08. The Hall–Kier alpha value is -1.10. The van der Waals surface area contributed by atoms with Crippen LogP contribution in [0.15, 0.2) is 0 Å². The molecule has 2 fully saturated rings. The van der Waals surface area contributed by atoms with E-state index in [1.54, 1.807) is 0 Å². The van der Waals surface area contributed by atoms with E-state index in [1.165, 1.54) is 25.7 Å². The van der Waals surface area contributed by atoms with Gasteiger partial charge in [0.1, 0.15) is 6.04 Å². The predicted octanol–water partition coefficient (Wildman–Crippen LogP) is 2.54. The van der Waals surface area contributed by atoms with Gasteiger partial charge in [0.2, 0.25) is 5.91 Å². The highest BCUT2D eigenvalue weighted by Crippen LogP contribution is 2.42. The predicted molar refractivity (Wildman–Crippen MR) is 87.4 cm³/mol. The lowest BCUT2D eigenvalue weighted by Gasteiger charge is -2.38. The number of rotatable bonds is 4. The number of hydrogen-bond acceptors (Lipinski definition) is 3. The number of amides is 1. The van der Waals surface area contributed by atoms with Gasteiger partial charge < -0.3 is 16.2 Å². The highest BCUT2D eigenvalue weighted by atomic mass is 16.4. The van der Waals surface area contributed by atoms with Crippen LogP contribution >= 0.6 is 0 Å². The maximum atomic E-state index is 11.5. The van der Waals surface area contributed by atoms with E-state index < -0.39 is 5.97 Å². The third-order valence-corrected chi connectivity index (χ3v) is 5.57. The molecule has 2 rings (SSSR count). The Labute approximate surface area is 134 Å². The maximum absolute atomic E-state index is 11.5. The SMILES string of the molecule is CCC(C)(C(N)=O)C1CCC(C)CC1.O=C(O)C1CCCN1. The number of carbonyl (C=O) groups is 2. The molecule has 1 amide bonds. The highest BCUT2D eigenvalue weighted by molar-refractivity contribution is 5.80. The minimum absolute atomic E-state index is 0.112. The molecule has 1 saturated heterocycles. The monoisotopic (exact) mass is 312 g/mol. The molecule has 5 heteroatoms. The average molecular weight is 312 g/mol. The van der Waals surface area contributed by atoms with E-state index in [0.29, 0.717) is 5.92 Å². The maximum Gasteiger partial charge on any atom is 0.320 e. The standard InChI is InChI=1S/C12H23NO.C5H9NO2/c1-4-12(3,11(13)14)10-7-5-9(2)6-8-10;7-5(8)4-2-1-3-6-4/h9-10H,4-8H2,1-3H3,(H2,13,14);4,6H,1-3H2,(H,7,8). The third kappa shape index (κ3) is 4.97. The van der Waals surface area contributed by atoms with Crippen molar-refractivity contribution in [2.45, 2.75) is 71.8 Å². The molecular formula is C17H32N2O3. The Kier molecular flexibility index (Phi) is 7.33. The first-order valence-corrected chi connectivity index (χ1v) is 8.57. The van der Waals surface area contributed by atoms with Crippen LogP contribution in [0, 0.1) is 17.3 Å². The van der Waals surface area contributed by atoms with Crippen LogP contribution in [-0.2, 0) is 9.59 Å². The van der Waals surface area contributed by atoms with Gasteiger partial charge in [-0.1, -0.05) is 33.6 Å². The first kappa shape index (κ1) is 18.9. The smallest absolute Gasteiger partial charge is 0.320 e. The van der Waals surface area contributed by atoms with Gasteiger partial charge in [0.25, 0.3) is 0 Å². The van der Waals surface area contributed by atoms with Crippen molar-refractivity contribution in [3.05, 3.63) is 0 Å². The second-order valence-electron chi connectivity index (χ2n) is 7.08. The summed E-state index contributed by atoms with van der Waals surface area (Å²) in [7, 11) is 0. The molecule has 5 nitrogen and oxygen atoms in total. The number of nitrogens with one attached hydrogen (secondary N) is 1. The Morgan fingerprint density at radius 1 is 1.23 bits per heavy atom. The second kappa shape index (κ2) is 8.51. The molecule has 1 heterocycles. The molecule has 2 atom stereocenters. The number of aliphatic carboxylic acids is 1. The highest BCUT2D eigenvalue weighted by Gasteiger charge is 2.39. The Morgan fingerprint density at radius 3 is 2.14 bits per heavy atom. The fourth-order valence-corrected chi connectivity index (χ4v) is 3.46. The summed E-state index contributed by atoms with van der Waals surface area (Å²) in [4.78, 5) is 21.6. The van der Waals surface area contributed by atoms with Gasteiger partial charge in [0.05, 0.1) is 0 Å². The molecule has 1 aliphatic heterocycles. The normalized spacial score (nSPS) is 30.8. The van der Waals surface area contributed by atoms with Gasteiger partial charge in [-0.05, 0) is 50.5 Å². The van der Waals surface area contributed by atoms with E-state index in [9.17, 15) is 9.59 Å². The number of hydrogen-bond donors (Lipinski definition) is 3. The summed E-state index contributed by atoms with van der Waals surface area (Å²) >= 11 is 0. The zero-order chi connectivity index (χ0) is 16.8. The molecular weight excluding hydrogens is 280 g/mol. The van der Waals surface area contributed by atoms with E-state index in [4.69, 9.17) is 10.8 Å². The van der Waals surface area contributed by atoms with Crippen LogP contribution in [0.4, 0.5) is 0 Å². The summed E-state index contributed by atoms with van der Waals surface area (Å²) in [5.41, 5.74) is 5.24. The van der Waals surface area contributed by atoms with Crippen LogP contribution in [0.25, 0.3) is 0 Å². The van der Waals surface area contributed by atoms with Crippen molar-refractivity contribution in [2.24, 2.45) is 23.0 Å². The van der Waals surface area contributed by atoms with Crippen LogP contribution in [0.5, 0.6) is 0 Å². The van der Waals surface area contributed by atoms with Gasteiger partial charge in [-0.15, -0.1) is 0 Å².